The summed E-state index contributed by atoms with van der Waals surface area (Å²) in [6.07, 6.45) is 5.49. The summed E-state index contributed by atoms with van der Waals surface area (Å²) in [5, 5.41) is 18.6. The van der Waals surface area contributed by atoms with Crippen molar-refractivity contribution in [2.75, 3.05) is 7.05 Å². The van der Waals surface area contributed by atoms with Crippen molar-refractivity contribution in [3.8, 4) is 0 Å². The molecule has 3 fully saturated rings. The number of nitrogens with zero attached hydrogens (tertiary/aromatic N) is 2. The van der Waals surface area contributed by atoms with Crippen molar-refractivity contribution >= 4 is 29.0 Å². The zero-order valence-corrected chi connectivity index (χ0v) is 19.7. The third kappa shape index (κ3) is 3.72. The third-order valence-corrected chi connectivity index (χ3v) is 9.00. The Labute approximate surface area is 180 Å². The van der Waals surface area contributed by atoms with Gasteiger partial charge in [-0.2, -0.15) is 7.05 Å². The van der Waals surface area contributed by atoms with E-state index in [0.29, 0.717) is 11.8 Å². The fraction of sp³-hybridized carbons (Fsp3) is 0.955. The van der Waals surface area contributed by atoms with Crippen LogP contribution in [0.15, 0.2) is 4.99 Å². The third-order valence-electron chi connectivity index (χ3n) is 8.16. The van der Waals surface area contributed by atoms with Crippen molar-refractivity contribution in [2.24, 2.45) is 22.7 Å². The van der Waals surface area contributed by atoms with Gasteiger partial charge in [-0.05, 0) is 103 Å². The topological polar surface area (TPSA) is 55.9 Å². The summed E-state index contributed by atoms with van der Waals surface area (Å²) >= 11 is 11.6. The molecule has 0 amide bonds. The molecule has 0 aromatic carbocycles. The van der Waals surface area contributed by atoms with E-state index in [0.717, 1.165) is 38.5 Å². The van der Waals surface area contributed by atoms with Gasteiger partial charge in [-0.3, -0.25) is 0 Å². The lowest BCUT2D eigenvalue weighted by molar-refractivity contribution is -0.218. The maximum Gasteiger partial charge on any atom is 0.0796 e. The van der Waals surface area contributed by atoms with E-state index in [1.807, 2.05) is 14.0 Å². The van der Waals surface area contributed by atoms with E-state index < -0.39 is 5.60 Å². The molecule has 3 aliphatic rings. The van der Waals surface area contributed by atoms with Crippen molar-refractivity contribution in [2.45, 2.75) is 107 Å². The monoisotopic (exact) mass is 427 g/mol. The van der Waals surface area contributed by atoms with Gasteiger partial charge in [0.2, 0.25) is 0 Å². The molecule has 0 aromatic rings. The summed E-state index contributed by atoms with van der Waals surface area (Å²) in [6.45, 7) is 10.6. The fourth-order valence-corrected chi connectivity index (χ4v) is 6.98. The number of thiocarbonyl (C=S) groups is 1. The molecule has 0 aromatic heterocycles. The van der Waals surface area contributed by atoms with Crippen LogP contribution in [0.3, 0.4) is 0 Å². The number of alkyl halides is 1. The molecule has 2 aliphatic carbocycles. The van der Waals surface area contributed by atoms with E-state index in [1.54, 1.807) is 0 Å². The number of hydrogen-bond donors (Lipinski definition) is 1. The summed E-state index contributed by atoms with van der Waals surface area (Å²) in [5.41, 5.74) is -1.69. The summed E-state index contributed by atoms with van der Waals surface area (Å²) in [4.78, 5) is 4.64. The number of rotatable bonds is 3. The minimum Gasteiger partial charge on any atom is -0.660 e. The summed E-state index contributed by atoms with van der Waals surface area (Å²) in [5.74, 6) is 0.815. The van der Waals surface area contributed by atoms with E-state index in [1.165, 1.54) is 0 Å². The zero-order valence-electron chi connectivity index (χ0n) is 18.2. The molecule has 1 N–H and O–H groups in total. The van der Waals surface area contributed by atoms with Crippen LogP contribution in [-0.2, 0) is 4.74 Å². The maximum atomic E-state index is 11.2. The van der Waals surface area contributed by atoms with E-state index in [4.69, 9.17) is 33.9 Å². The first kappa shape index (κ1) is 22.7. The van der Waals surface area contributed by atoms with Gasteiger partial charge in [-0.25, -0.2) is 4.99 Å². The molecule has 0 radical (unpaired) electrons. The van der Waals surface area contributed by atoms with Gasteiger partial charge < -0.3 is 15.2 Å². The average molecular weight is 428 g/mol. The average Bonchev–Trinajstić information content (AvgIpc) is 2.57. The molecule has 2 saturated carbocycles. The van der Waals surface area contributed by atoms with Gasteiger partial charge in [0.05, 0.1) is 27.3 Å². The number of halogens is 1. The van der Waals surface area contributed by atoms with E-state index >= 15 is 0 Å². The van der Waals surface area contributed by atoms with Crippen LogP contribution in [0.1, 0.15) is 73.1 Å². The molecule has 28 heavy (non-hydrogen) atoms. The summed E-state index contributed by atoms with van der Waals surface area (Å²) in [7, 11) is 1.84. The van der Waals surface area contributed by atoms with Gasteiger partial charge in [0.1, 0.15) is 0 Å². The molecule has 1 aliphatic heterocycles. The molecule has 0 spiro atoms. The number of isothiocyanates is 1. The lowest BCUT2D eigenvalue weighted by Crippen LogP contribution is -2.64. The minimum absolute atomic E-state index is 0.0192. The first-order valence-electron chi connectivity index (χ1n) is 10.6. The Kier molecular flexibility index (Phi) is 6.14. The Bertz CT molecular complexity index is 650. The highest BCUT2D eigenvalue weighted by atomic mass is 35.5. The molecule has 4 nitrogen and oxygen atoms in total. The second-order valence-electron chi connectivity index (χ2n) is 10.5. The predicted octanol–water partition coefficient (Wildman–Crippen LogP) is 5.36. The normalized spacial score (nSPS) is 51.1. The summed E-state index contributed by atoms with van der Waals surface area (Å²) in [6, 6.07) is -0.131. The molecule has 1 heterocycles. The van der Waals surface area contributed by atoms with Crippen LogP contribution in [0.2, 0.25) is 0 Å². The van der Waals surface area contributed by atoms with E-state index in [9.17, 15) is 5.11 Å². The standard InChI is InChI=1S/C22H36ClN2O2S/c1-19(2)16(23)9-12-22(5,27-19)15-7-10-20(3,25-13-28)14-8-11-21(4,26)18(24-6)17(14)15/h14-18,26H,7-12H2,1-6H3/q-1. The Balaban J connectivity index is 2.03. The SMILES string of the molecule is C[N-]C1C2C(CCC1(C)O)C(C)(N=C=S)CCC2C1(C)CCC(Cl)C(C)(C)O1. The number of hydrogen-bond acceptors (Lipinski definition) is 4. The van der Waals surface area contributed by atoms with Crippen molar-refractivity contribution < 1.29 is 9.84 Å². The second kappa shape index (κ2) is 7.59. The first-order chi connectivity index (χ1) is 12.9. The Morgan fingerprint density at radius 3 is 2.29 bits per heavy atom. The molecule has 160 valence electrons. The van der Waals surface area contributed by atoms with Crippen molar-refractivity contribution in [1.82, 2.24) is 0 Å². The van der Waals surface area contributed by atoms with Gasteiger partial charge in [0.25, 0.3) is 0 Å². The highest BCUT2D eigenvalue weighted by molar-refractivity contribution is 7.78. The van der Waals surface area contributed by atoms with Crippen LogP contribution in [0, 0.1) is 17.8 Å². The molecular formula is C22H36ClN2O2S-. The highest BCUT2D eigenvalue weighted by Gasteiger charge is 2.58. The molecule has 0 bridgehead atoms. The van der Waals surface area contributed by atoms with Crippen LogP contribution in [0.5, 0.6) is 0 Å². The van der Waals surface area contributed by atoms with Crippen LogP contribution < -0.4 is 0 Å². The largest absolute Gasteiger partial charge is 0.660 e. The Hall–Kier alpha value is -0.0300. The number of aliphatic imine (C=N–C) groups is 1. The molecular weight excluding hydrogens is 392 g/mol. The lowest BCUT2D eigenvalue weighted by atomic mass is 9.51. The van der Waals surface area contributed by atoms with Gasteiger partial charge in [0, 0.05) is 5.60 Å². The number of fused-ring (bicyclic) bond motifs is 1. The number of likely N-dealkylation sites (N-methyl/N-ethyl adjacent to an activating group) is 1. The summed E-state index contributed by atoms with van der Waals surface area (Å²) < 4.78 is 6.73. The smallest absolute Gasteiger partial charge is 0.0796 e. The minimum atomic E-state index is -0.802. The van der Waals surface area contributed by atoms with Gasteiger partial charge in [0.15, 0.2) is 0 Å². The van der Waals surface area contributed by atoms with Gasteiger partial charge in [-0.15, -0.1) is 17.6 Å². The predicted molar refractivity (Wildman–Crippen MR) is 119 cm³/mol. The first-order valence-corrected chi connectivity index (χ1v) is 11.5. The number of ether oxygens (including phenoxy) is 1. The Morgan fingerprint density at radius 2 is 1.71 bits per heavy atom. The zero-order chi connectivity index (χ0) is 21.0. The maximum absolute atomic E-state index is 11.2. The molecule has 1 saturated heterocycles. The quantitative estimate of drug-likeness (QED) is 0.374. The van der Waals surface area contributed by atoms with Crippen molar-refractivity contribution in [3.63, 3.8) is 0 Å². The van der Waals surface area contributed by atoms with Crippen LogP contribution in [0.4, 0.5) is 0 Å². The van der Waals surface area contributed by atoms with Crippen LogP contribution >= 0.6 is 23.8 Å². The molecule has 3 rings (SSSR count). The molecule has 6 heteroatoms. The van der Waals surface area contributed by atoms with Crippen molar-refractivity contribution in [1.29, 1.82) is 0 Å². The van der Waals surface area contributed by atoms with E-state index in [-0.39, 0.29) is 34.1 Å². The van der Waals surface area contributed by atoms with Gasteiger partial charge in [-0.1, -0.05) is 0 Å². The lowest BCUT2D eigenvalue weighted by Gasteiger charge is -2.64. The van der Waals surface area contributed by atoms with Crippen LogP contribution in [0.25, 0.3) is 5.32 Å². The van der Waals surface area contributed by atoms with E-state index in [2.05, 4.69) is 37.8 Å². The second-order valence-corrected chi connectivity index (χ2v) is 11.2. The highest BCUT2D eigenvalue weighted by Crippen LogP contribution is 2.58. The molecule has 8 atom stereocenters. The van der Waals surface area contributed by atoms with Gasteiger partial charge >= 0.3 is 0 Å². The number of aliphatic hydroxyl groups is 1. The fourth-order valence-electron chi connectivity index (χ4n) is 6.62. The van der Waals surface area contributed by atoms with Crippen LogP contribution in [-0.4, -0.2) is 51.1 Å². The molecule has 8 unspecified atom stereocenters. The Morgan fingerprint density at radius 1 is 1.07 bits per heavy atom. The van der Waals surface area contributed by atoms with Crippen molar-refractivity contribution in [3.05, 3.63) is 5.32 Å².